The zero-order chi connectivity index (χ0) is 11.3. The molecule has 0 aromatic carbocycles. The van der Waals surface area contributed by atoms with Gasteiger partial charge in [0.1, 0.15) is 0 Å². The van der Waals surface area contributed by atoms with E-state index in [4.69, 9.17) is 0 Å². The van der Waals surface area contributed by atoms with Crippen molar-refractivity contribution in [2.45, 2.75) is 46.1 Å². The highest BCUT2D eigenvalue weighted by atomic mass is 35.5. The van der Waals surface area contributed by atoms with Gasteiger partial charge in [0.25, 0.3) is 0 Å². The van der Waals surface area contributed by atoms with Gasteiger partial charge in [0.15, 0.2) is 0 Å². The second-order valence-corrected chi connectivity index (χ2v) is 5.05. The normalized spacial score (nSPS) is 25.0. The minimum absolute atomic E-state index is 0. The lowest BCUT2D eigenvalue weighted by molar-refractivity contribution is -0.126. The molecule has 0 radical (unpaired) electrons. The minimum atomic E-state index is 0. The van der Waals surface area contributed by atoms with Crippen LogP contribution in [0.4, 0.5) is 0 Å². The van der Waals surface area contributed by atoms with Crippen LogP contribution in [0, 0.1) is 11.8 Å². The van der Waals surface area contributed by atoms with E-state index in [1.54, 1.807) is 0 Å². The van der Waals surface area contributed by atoms with Crippen LogP contribution in [0.1, 0.15) is 40.0 Å². The first-order chi connectivity index (χ1) is 7.09. The largest absolute Gasteiger partial charge is 0.356 e. The van der Waals surface area contributed by atoms with Crippen LogP contribution in [0.2, 0.25) is 0 Å². The standard InChI is InChI=1S/C12H24N2O.ClH/c1-9(2)4-6-14-12(15)11-5-7-13-10(3)8-11;/h9-11,13H,4-8H2,1-3H3,(H,14,15);1H/t10-,11-;/m0./s1. The highest BCUT2D eigenvalue weighted by Crippen LogP contribution is 2.15. The lowest BCUT2D eigenvalue weighted by atomic mass is 9.92. The molecule has 1 saturated heterocycles. The van der Waals surface area contributed by atoms with Crippen LogP contribution < -0.4 is 10.6 Å². The van der Waals surface area contributed by atoms with Crippen molar-refractivity contribution in [3.05, 3.63) is 0 Å². The summed E-state index contributed by atoms with van der Waals surface area (Å²) in [5, 5.41) is 6.40. The van der Waals surface area contributed by atoms with Crippen molar-refractivity contribution in [1.29, 1.82) is 0 Å². The molecule has 3 nitrogen and oxygen atoms in total. The van der Waals surface area contributed by atoms with Crippen LogP contribution in [0.5, 0.6) is 0 Å². The summed E-state index contributed by atoms with van der Waals surface area (Å²) >= 11 is 0. The van der Waals surface area contributed by atoms with Crippen LogP contribution >= 0.6 is 12.4 Å². The summed E-state index contributed by atoms with van der Waals surface area (Å²) in [5.74, 6) is 1.15. The molecule has 0 aromatic rings. The van der Waals surface area contributed by atoms with E-state index in [0.29, 0.717) is 12.0 Å². The van der Waals surface area contributed by atoms with E-state index in [0.717, 1.165) is 32.4 Å². The number of hydrogen-bond donors (Lipinski definition) is 2. The van der Waals surface area contributed by atoms with Gasteiger partial charge in [0.05, 0.1) is 0 Å². The molecule has 0 spiro atoms. The molecule has 1 fully saturated rings. The molecule has 4 heteroatoms. The Labute approximate surface area is 105 Å². The van der Waals surface area contributed by atoms with Crippen molar-refractivity contribution in [1.82, 2.24) is 10.6 Å². The molecule has 1 aliphatic rings. The SMILES string of the molecule is CC(C)CCNC(=O)[C@H]1CCN[C@@H](C)C1.Cl. The zero-order valence-electron chi connectivity index (χ0n) is 10.6. The van der Waals surface area contributed by atoms with Crippen LogP contribution in [0.3, 0.4) is 0 Å². The molecule has 1 rings (SSSR count). The van der Waals surface area contributed by atoms with Crippen molar-refractivity contribution >= 4 is 18.3 Å². The Morgan fingerprint density at radius 2 is 2.19 bits per heavy atom. The van der Waals surface area contributed by atoms with Gasteiger partial charge in [-0.25, -0.2) is 0 Å². The van der Waals surface area contributed by atoms with E-state index in [1.165, 1.54) is 0 Å². The van der Waals surface area contributed by atoms with E-state index in [9.17, 15) is 4.79 Å². The van der Waals surface area contributed by atoms with Gasteiger partial charge >= 0.3 is 0 Å². The maximum absolute atomic E-state index is 11.8. The molecule has 0 saturated carbocycles. The van der Waals surface area contributed by atoms with Crippen molar-refractivity contribution in [2.75, 3.05) is 13.1 Å². The molecule has 1 heterocycles. The molecule has 1 amide bonds. The van der Waals surface area contributed by atoms with E-state index in [2.05, 4.69) is 31.4 Å². The Bertz CT molecular complexity index is 209. The summed E-state index contributed by atoms with van der Waals surface area (Å²) in [7, 11) is 0. The molecule has 1 aliphatic heterocycles. The average Bonchev–Trinajstić information content (AvgIpc) is 2.17. The van der Waals surface area contributed by atoms with Crippen molar-refractivity contribution in [3.63, 3.8) is 0 Å². The first-order valence-electron chi connectivity index (χ1n) is 6.10. The first-order valence-corrected chi connectivity index (χ1v) is 6.10. The molecule has 96 valence electrons. The summed E-state index contributed by atoms with van der Waals surface area (Å²) in [6, 6.07) is 0.486. The predicted molar refractivity (Wildman–Crippen MR) is 69.9 cm³/mol. The number of carbonyl (C=O) groups is 1. The molecule has 0 bridgehead atoms. The smallest absolute Gasteiger partial charge is 0.223 e. The van der Waals surface area contributed by atoms with Gasteiger partial charge in [-0.05, 0) is 38.6 Å². The van der Waals surface area contributed by atoms with Crippen molar-refractivity contribution in [2.24, 2.45) is 11.8 Å². The quantitative estimate of drug-likeness (QED) is 0.799. The van der Waals surface area contributed by atoms with Gasteiger partial charge in [-0.15, -0.1) is 12.4 Å². The Kier molecular flexibility index (Phi) is 7.77. The Balaban J connectivity index is 0.00000225. The lowest BCUT2D eigenvalue weighted by Gasteiger charge is -2.27. The number of rotatable bonds is 4. The van der Waals surface area contributed by atoms with Crippen LogP contribution in [0.25, 0.3) is 0 Å². The van der Waals surface area contributed by atoms with Gasteiger partial charge in [0, 0.05) is 18.5 Å². The third-order valence-corrected chi connectivity index (χ3v) is 3.02. The number of piperidine rings is 1. The molecule has 0 aromatic heterocycles. The molecule has 2 N–H and O–H groups in total. The van der Waals surface area contributed by atoms with E-state index in [1.807, 2.05) is 0 Å². The fourth-order valence-corrected chi connectivity index (χ4v) is 2.00. The maximum atomic E-state index is 11.8. The number of hydrogen-bond acceptors (Lipinski definition) is 2. The summed E-state index contributed by atoms with van der Waals surface area (Å²) in [5.41, 5.74) is 0. The first kappa shape index (κ1) is 15.7. The molecular formula is C12H25ClN2O. The van der Waals surface area contributed by atoms with E-state index < -0.39 is 0 Å². The van der Waals surface area contributed by atoms with Crippen LogP contribution in [-0.4, -0.2) is 25.0 Å². The molecule has 0 aliphatic carbocycles. The van der Waals surface area contributed by atoms with Crippen LogP contribution in [0.15, 0.2) is 0 Å². The third-order valence-electron chi connectivity index (χ3n) is 3.02. The molecule has 16 heavy (non-hydrogen) atoms. The minimum Gasteiger partial charge on any atom is -0.356 e. The van der Waals surface area contributed by atoms with Gasteiger partial charge < -0.3 is 10.6 Å². The van der Waals surface area contributed by atoms with Crippen molar-refractivity contribution in [3.8, 4) is 0 Å². The van der Waals surface area contributed by atoms with Gasteiger partial charge in [-0.1, -0.05) is 13.8 Å². The fourth-order valence-electron chi connectivity index (χ4n) is 2.00. The Morgan fingerprint density at radius 3 is 2.75 bits per heavy atom. The highest BCUT2D eigenvalue weighted by molar-refractivity contribution is 5.85. The third kappa shape index (κ3) is 5.71. The van der Waals surface area contributed by atoms with E-state index in [-0.39, 0.29) is 24.2 Å². The summed E-state index contributed by atoms with van der Waals surface area (Å²) in [4.78, 5) is 11.8. The predicted octanol–water partition coefficient (Wildman–Crippen LogP) is 1.96. The summed E-state index contributed by atoms with van der Waals surface area (Å²) < 4.78 is 0. The molecule has 0 unspecified atom stereocenters. The second-order valence-electron chi connectivity index (χ2n) is 5.05. The lowest BCUT2D eigenvalue weighted by Crippen LogP contribution is -2.42. The topological polar surface area (TPSA) is 41.1 Å². The highest BCUT2D eigenvalue weighted by Gasteiger charge is 2.24. The average molecular weight is 249 g/mol. The van der Waals surface area contributed by atoms with Crippen LogP contribution in [-0.2, 0) is 4.79 Å². The molecular weight excluding hydrogens is 224 g/mol. The Morgan fingerprint density at radius 1 is 1.50 bits per heavy atom. The van der Waals surface area contributed by atoms with Crippen molar-refractivity contribution < 1.29 is 4.79 Å². The summed E-state index contributed by atoms with van der Waals surface area (Å²) in [6.45, 7) is 8.31. The number of nitrogens with one attached hydrogen (secondary N) is 2. The van der Waals surface area contributed by atoms with Gasteiger partial charge in [-0.2, -0.15) is 0 Å². The van der Waals surface area contributed by atoms with Gasteiger partial charge in [0.2, 0.25) is 5.91 Å². The maximum Gasteiger partial charge on any atom is 0.223 e. The second kappa shape index (κ2) is 7.91. The monoisotopic (exact) mass is 248 g/mol. The fraction of sp³-hybridized carbons (Fsp3) is 0.917. The molecule has 2 atom stereocenters. The number of amides is 1. The zero-order valence-corrected chi connectivity index (χ0v) is 11.4. The Hall–Kier alpha value is -0.280. The van der Waals surface area contributed by atoms with Gasteiger partial charge in [-0.3, -0.25) is 4.79 Å². The number of halogens is 1. The summed E-state index contributed by atoms with van der Waals surface area (Å²) in [6.07, 6.45) is 3.04. The van der Waals surface area contributed by atoms with E-state index >= 15 is 0 Å². The number of carbonyl (C=O) groups excluding carboxylic acids is 1.